The van der Waals surface area contributed by atoms with Crippen molar-refractivity contribution in [3.05, 3.63) is 141 Å². The molecule has 0 unspecified atom stereocenters. The van der Waals surface area contributed by atoms with E-state index < -0.39 is 45.8 Å². The van der Waals surface area contributed by atoms with Crippen LogP contribution in [-0.2, 0) is 15.0 Å². The van der Waals surface area contributed by atoms with Crippen molar-refractivity contribution in [2.45, 2.75) is 11.3 Å². The summed E-state index contributed by atoms with van der Waals surface area (Å²) in [5.41, 5.74) is 4.85. The first-order valence-electron chi connectivity index (χ1n) is 13.5. The first kappa shape index (κ1) is 26.0. The first-order chi connectivity index (χ1) is 20.9. The largest absolute Gasteiger partial charge is 0.274 e. The monoisotopic (exact) mass is 567 g/mol. The summed E-state index contributed by atoms with van der Waals surface area (Å²) >= 11 is 0. The molecular weight excluding hydrogens is 546 g/mol. The molecule has 208 valence electrons. The molecule has 3 amide bonds. The molecular formula is C33H21N5O5. The molecule has 3 aliphatic carbocycles. The van der Waals surface area contributed by atoms with E-state index in [-0.39, 0.29) is 22.5 Å². The second kappa shape index (κ2) is 9.56. The third-order valence-electron chi connectivity index (χ3n) is 8.70. The molecule has 1 N–H and O–H groups in total. The number of imide groups is 1. The van der Waals surface area contributed by atoms with Gasteiger partial charge in [0.25, 0.3) is 11.6 Å². The second-order valence-corrected chi connectivity index (χ2v) is 10.7. The summed E-state index contributed by atoms with van der Waals surface area (Å²) in [6.45, 7) is 0. The highest BCUT2D eigenvalue weighted by atomic mass is 16.6. The SMILES string of the molecule is N#Cc1ccccc1N1C(=O)[C@@H]2[C@@H](C1=O)C1c3ccccc3C2(/C=N\NC(=O)c2cccc([N+](=O)[O-])c2)c2ccccc21. The topological polar surface area (TPSA) is 146 Å². The van der Waals surface area contributed by atoms with Crippen LogP contribution in [0.5, 0.6) is 0 Å². The van der Waals surface area contributed by atoms with Crippen LogP contribution >= 0.6 is 0 Å². The van der Waals surface area contributed by atoms with Crippen molar-refractivity contribution in [1.29, 1.82) is 5.26 Å². The summed E-state index contributed by atoms with van der Waals surface area (Å²) < 4.78 is 0. The standard InChI is InChI=1S/C33H21N5O5/c34-17-20-8-1-6-15-26(20)37-31(40)28-27-22-11-2-4-13-24(22)33(29(28)32(37)41,25-14-5-3-12-23(25)27)18-35-36-30(39)19-9-7-10-21(16-19)38(42)43/h1-16,18,27-29H,(H,36,39)/b35-18-/t27?,28-,29-,33?/m0/s1. The van der Waals surface area contributed by atoms with Crippen LogP contribution in [0.3, 0.4) is 0 Å². The van der Waals surface area contributed by atoms with E-state index in [4.69, 9.17) is 0 Å². The Morgan fingerprint density at radius 2 is 1.58 bits per heavy atom. The minimum atomic E-state index is -1.23. The van der Waals surface area contributed by atoms with Gasteiger partial charge in [-0.2, -0.15) is 10.4 Å². The zero-order valence-corrected chi connectivity index (χ0v) is 22.4. The van der Waals surface area contributed by atoms with Crippen LogP contribution < -0.4 is 10.3 Å². The number of non-ortho nitro benzene ring substituents is 1. The van der Waals surface area contributed by atoms with Crippen LogP contribution in [0.1, 0.15) is 44.1 Å². The fraction of sp³-hybridized carbons (Fsp3) is 0.121. The van der Waals surface area contributed by atoms with E-state index in [2.05, 4.69) is 16.6 Å². The number of carbonyl (C=O) groups is 3. The molecule has 10 heteroatoms. The van der Waals surface area contributed by atoms with Crippen LogP contribution in [0.25, 0.3) is 0 Å². The van der Waals surface area contributed by atoms with E-state index in [1.807, 2.05) is 48.5 Å². The van der Waals surface area contributed by atoms with Crippen molar-refractivity contribution in [1.82, 2.24) is 5.43 Å². The van der Waals surface area contributed by atoms with Crippen LogP contribution in [-0.4, -0.2) is 28.9 Å². The zero-order valence-electron chi connectivity index (χ0n) is 22.4. The number of nitriles is 1. The Labute approximate surface area is 245 Å². The molecule has 2 atom stereocenters. The van der Waals surface area contributed by atoms with Crippen LogP contribution in [0.15, 0.2) is 102 Å². The molecule has 0 aromatic heterocycles. The molecule has 1 saturated heterocycles. The summed E-state index contributed by atoms with van der Waals surface area (Å²) in [6, 6.07) is 29.1. The Kier molecular flexibility index (Phi) is 5.78. The molecule has 2 bridgehead atoms. The van der Waals surface area contributed by atoms with Gasteiger partial charge in [-0.05, 0) is 40.5 Å². The van der Waals surface area contributed by atoms with Crippen molar-refractivity contribution in [2.24, 2.45) is 16.9 Å². The van der Waals surface area contributed by atoms with Gasteiger partial charge in [0.2, 0.25) is 11.8 Å². The Morgan fingerprint density at radius 1 is 0.930 bits per heavy atom. The Hall–Kier alpha value is -5.95. The molecule has 0 spiro atoms. The minimum absolute atomic E-state index is 0.0429. The summed E-state index contributed by atoms with van der Waals surface area (Å²) in [5.74, 6) is -3.60. The summed E-state index contributed by atoms with van der Waals surface area (Å²) in [7, 11) is 0. The van der Waals surface area contributed by atoms with E-state index in [1.165, 1.54) is 24.4 Å². The maximum Gasteiger partial charge on any atom is 0.271 e. The van der Waals surface area contributed by atoms with E-state index in [0.29, 0.717) is 0 Å². The summed E-state index contributed by atoms with van der Waals surface area (Å²) in [5, 5.41) is 25.3. The highest BCUT2D eigenvalue weighted by molar-refractivity contribution is 6.25. The average Bonchev–Trinajstić information content (AvgIpc) is 3.31. The molecule has 4 aliphatic rings. The van der Waals surface area contributed by atoms with Crippen molar-refractivity contribution >= 4 is 35.3 Å². The van der Waals surface area contributed by atoms with Gasteiger partial charge in [0.15, 0.2) is 0 Å². The number of nitro benzene ring substituents is 1. The molecule has 1 heterocycles. The number of amides is 3. The molecule has 8 rings (SSSR count). The Morgan fingerprint density at radius 3 is 2.26 bits per heavy atom. The second-order valence-electron chi connectivity index (χ2n) is 10.7. The van der Waals surface area contributed by atoms with Crippen LogP contribution in [0.2, 0.25) is 0 Å². The fourth-order valence-electron chi connectivity index (χ4n) is 7.07. The van der Waals surface area contributed by atoms with Crippen LogP contribution in [0.4, 0.5) is 11.4 Å². The van der Waals surface area contributed by atoms with Crippen molar-refractivity contribution in [2.75, 3.05) is 4.90 Å². The maximum absolute atomic E-state index is 14.4. The van der Waals surface area contributed by atoms with Gasteiger partial charge in [-0.15, -0.1) is 0 Å². The van der Waals surface area contributed by atoms with E-state index >= 15 is 0 Å². The third kappa shape index (κ3) is 3.58. The number of nitrogens with one attached hydrogen (secondary N) is 1. The molecule has 4 aromatic carbocycles. The predicted molar refractivity (Wildman–Crippen MR) is 155 cm³/mol. The zero-order chi connectivity index (χ0) is 29.9. The van der Waals surface area contributed by atoms with Gasteiger partial charge in [-0.3, -0.25) is 24.5 Å². The lowest BCUT2D eigenvalue weighted by Gasteiger charge is -2.52. The van der Waals surface area contributed by atoms with E-state index in [9.17, 15) is 29.8 Å². The number of nitro groups is 1. The number of nitrogens with zero attached hydrogens (tertiary/aromatic N) is 4. The van der Waals surface area contributed by atoms with E-state index in [0.717, 1.165) is 33.2 Å². The number of para-hydroxylation sites is 1. The first-order valence-corrected chi connectivity index (χ1v) is 13.5. The third-order valence-corrected chi connectivity index (χ3v) is 8.70. The van der Waals surface area contributed by atoms with Crippen molar-refractivity contribution < 1.29 is 19.3 Å². The lowest BCUT2D eigenvalue weighted by molar-refractivity contribution is -0.384. The quantitative estimate of drug-likeness (QED) is 0.163. The maximum atomic E-state index is 14.4. The lowest BCUT2D eigenvalue weighted by Crippen LogP contribution is -2.54. The number of anilines is 1. The number of carbonyl (C=O) groups excluding carboxylic acids is 3. The number of hydrazone groups is 1. The molecule has 1 fully saturated rings. The predicted octanol–water partition coefficient (Wildman–Crippen LogP) is 4.43. The van der Waals surface area contributed by atoms with Gasteiger partial charge in [-0.25, -0.2) is 10.3 Å². The number of hydrogen-bond acceptors (Lipinski definition) is 7. The number of rotatable bonds is 5. The number of hydrogen-bond donors (Lipinski definition) is 1. The van der Waals surface area contributed by atoms with Crippen molar-refractivity contribution in [3.63, 3.8) is 0 Å². The molecule has 1 aliphatic heterocycles. The summed E-state index contributed by atoms with van der Waals surface area (Å²) in [6.07, 6.45) is 1.51. The highest BCUT2D eigenvalue weighted by Gasteiger charge is 2.68. The Balaban J connectivity index is 1.39. The van der Waals surface area contributed by atoms with Gasteiger partial charge in [0.05, 0.1) is 33.4 Å². The van der Waals surface area contributed by atoms with Crippen LogP contribution in [0, 0.1) is 33.3 Å². The van der Waals surface area contributed by atoms with E-state index in [1.54, 1.807) is 24.3 Å². The van der Waals surface area contributed by atoms with Crippen molar-refractivity contribution in [3.8, 4) is 6.07 Å². The molecule has 43 heavy (non-hydrogen) atoms. The highest BCUT2D eigenvalue weighted by Crippen LogP contribution is 2.63. The molecule has 4 aromatic rings. The molecule has 10 nitrogen and oxygen atoms in total. The summed E-state index contributed by atoms with van der Waals surface area (Å²) in [4.78, 5) is 53.4. The normalized spacial score (nSPS) is 23.0. The van der Waals surface area contributed by atoms with Gasteiger partial charge >= 0.3 is 0 Å². The average molecular weight is 568 g/mol. The fourth-order valence-corrected chi connectivity index (χ4v) is 7.07. The van der Waals surface area contributed by atoms with Gasteiger partial charge in [0.1, 0.15) is 6.07 Å². The number of benzene rings is 4. The van der Waals surface area contributed by atoms with Gasteiger partial charge in [0, 0.05) is 29.8 Å². The smallest absolute Gasteiger partial charge is 0.271 e. The lowest BCUT2D eigenvalue weighted by atomic mass is 9.47. The van der Waals surface area contributed by atoms with Gasteiger partial charge in [-0.1, -0.05) is 66.7 Å². The minimum Gasteiger partial charge on any atom is -0.274 e. The Bertz CT molecular complexity index is 1910. The molecule has 0 saturated carbocycles. The molecule has 0 radical (unpaired) electrons. The van der Waals surface area contributed by atoms with Gasteiger partial charge < -0.3 is 0 Å².